The molecule has 1 aromatic rings. The summed E-state index contributed by atoms with van der Waals surface area (Å²) in [5.41, 5.74) is 2.41. The quantitative estimate of drug-likeness (QED) is 0.413. The smallest absolute Gasteiger partial charge is 0.145 e. The Morgan fingerprint density at radius 1 is 0.818 bits per heavy atom. The minimum atomic E-state index is 0. The second-order valence-electron chi connectivity index (χ2n) is 4.50. The van der Waals surface area contributed by atoms with E-state index in [0.717, 1.165) is 6.29 Å². The average Bonchev–Trinajstić information content (AvgIpc) is 2.50. The van der Waals surface area contributed by atoms with Crippen LogP contribution >= 0.6 is 0 Å². The Morgan fingerprint density at radius 2 is 1.32 bits per heavy atom. The molecule has 1 rings (SSSR count). The van der Waals surface area contributed by atoms with Crippen LogP contribution in [-0.2, 0) is 30.3 Å². The summed E-state index contributed by atoms with van der Waals surface area (Å²) < 4.78 is 21.1. The molecule has 0 aliphatic carbocycles. The van der Waals surface area contributed by atoms with Crippen LogP contribution in [0.2, 0.25) is 0 Å². The lowest BCUT2D eigenvalue weighted by molar-refractivity contribution is -0.112. The van der Waals surface area contributed by atoms with Crippen molar-refractivity contribution < 1.29 is 23.7 Å². The molecule has 0 fully saturated rings. The topological polar surface area (TPSA) is 54.0 Å². The molecule has 1 aromatic carbocycles. The number of benzene rings is 1. The maximum absolute atomic E-state index is 9.97. The number of hydrogen-bond donors (Lipinski definition) is 0. The van der Waals surface area contributed by atoms with Crippen molar-refractivity contribution in [2.75, 3.05) is 46.2 Å². The normalized spacial score (nSPS) is 10.2. The molecule has 0 aromatic heterocycles. The van der Waals surface area contributed by atoms with Gasteiger partial charge in [0.1, 0.15) is 12.9 Å². The van der Waals surface area contributed by atoms with E-state index in [4.69, 9.17) is 18.9 Å². The average molecular weight is 312 g/mol. The molecule has 0 aliphatic heterocycles. The van der Waals surface area contributed by atoms with Crippen molar-refractivity contribution in [2.45, 2.75) is 21.0 Å². The van der Waals surface area contributed by atoms with Gasteiger partial charge in [0, 0.05) is 0 Å². The van der Waals surface area contributed by atoms with Gasteiger partial charge in [-0.2, -0.15) is 0 Å². The van der Waals surface area contributed by atoms with Gasteiger partial charge in [0.15, 0.2) is 0 Å². The number of aryl methyl sites for hydroxylation is 1. The summed E-state index contributed by atoms with van der Waals surface area (Å²) >= 11 is 0. The van der Waals surface area contributed by atoms with Gasteiger partial charge in [0.2, 0.25) is 0 Å². The molecule has 0 heterocycles. The maximum atomic E-state index is 9.97. The van der Waals surface area contributed by atoms with Crippen molar-refractivity contribution in [3.8, 4) is 0 Å². The number of aldehydes is 1. The molecular formula is C17H28O5. The van der Waals surface area contributed by atoms with Gasteiger partial charge in [-0.05, 0) is 12.5 Å². The van der Waals surface area contributed by atoms with E-state index in [1.54, 1.807) is 0 Å². The zero-order valence-corrected chi connectivity index (χ0v) is 12.6. The van der Waals surface area contributed by atoms with Crippen LogP contribution in [0, 0.1) is 6.92 Å². The molecule has 0 spiro atoms. The predicted molar refractivity (Wildman–Crippen MR) is 86.1 cm³/mol. The molecule has 0 amide bonds. The van der Waals surface area contributed by atoms with Gasteiger partial charge in [-0.25, -0.2) is 0 Å². The Hall–Kier alpha value is -1.27. The van der Waals surface area contributed by atoms with Crippen molar-refractivity contribution in [3.05, 3.63) is 35.4 Å². The van der Waals surface area contributed by atoms with E-state index in [2.05, 4.69) is 31.2 Å². The van der Waals surface area contributed by atoms with Crippen molar-refractivity contribution in [2.24, 2.45) is 0 Å². The van der Waals surface area contributed by atoms with E-state index < -0.39 is 0 Å². The van der Waals surface area contributed by atoms with E-state index in [0.29, 0.717) is 46.2 Å². The fourth-order valence-electron chi connectivity index (χ4n) is 1.56. The van der Waals surface area contributed by atoms with Crippen molar-refractivity contribution in [1.82, 2.24) is 0 Å². The highest BCUT2D eigenvalue weighted by molar-refractivity contribution is 5.50. The van der Waals surface area contributed by atoms with E-state index >= 15 is 0 Å². The molecule has 22 heavy (non-hydrogen) atoms. The first-order valence-corrected chi connectivity index (χ1v) is 7.13. The first-order valence-electron chi connectivity index (χ1n) is 7.13. The van der Waals surface area contributed by atoms with Gasteiger partial charge in [-0.3, -0.25) is 0 Å². The maximum Gasteiger partial charge on any atom is 0.145 e. The zero-order chi connectivity index (χ0) is 15.2. The van der Waals surface area contributed by atoms with Crippen molar-refractivity contribution >= 4 is 6.29 Å². The van der Waals surface area contributed by atoms with Gasteiger partial charge < -0.3 is 23.7 Å². The molecule has 5 heteroatoms. The van der Waals surface area contributed by atoms with Crippen LogP contribution in [0.25, 0.3) is 0 Å². The Balaban J connectivity index is 0.00000441. The largest absolute Gasteiger partial charge is 0.377 e. The van der Waals surface area contributed by atoms with E-state index in [1.807, 2.05) is 0 Å². The second-order valence-corrected chi connectivity index (χ2v) is 4.50. The minimum absolute atomic E-state index is 0. The van der Waals surface area contributed by atoms with Crippen LogP contribution in [0.4, 0.5) is 0 Å². The first-order chi connectivity index (χ1) is 10.3. The number of hydrogen-bond acceptors (Lipinski definition) is 5. The van der Waals surface area contributed by atoms with Crippen molar-refractivity contribution in [3.63, 3.8) is 0 Å². The third-order valence-electron chi connectivity index (χ3n) is 2.69. The molecule has 0 N–H and O–H groups in total. The van der Waals surface area contributed by atoms with Gasteiger partial charge >= 0.3 is 0 Å². The minimum Gasteiger partial charge on any atom is -0.377 e. The summed E-state index contributed by atoms with van der Waals surface area (Å²) in [7, 11) is 0. The molecule has 0 radical (unpaired) electrons. The molecule has 0 aliphatic rings. The number of rotatable bonds is 13. The van der Waals surface area contributed by atoms with Crippen molar-refractivity contribution in [1.29, 1.82) is 0 Å². The highest BCUT2D eigenvalue weighted by atomic mass is 16.6. The summed E-state index contributed by atoms with van der Waals surface area (Å²) in [4.78, 5) is 9.97. The van der Waals surface area contributed by atoms with Gasteiger partial charge in [-0.1, -0.05) is 37.3 Å². The Morgan fingerprint density at radius 3 is 1.86 bits per heavy atom. The molecule has 0 saturated heterocycles. The van der Waals surface area contributed by atoms with Crippen LogP contribution in [0.15, 0.2) is 24.3 Å². The first kappa shape index (κ1) is 20.7. The van der Waals surface area contributed by atoms with E-state index in [9.17, 15) is 4.79 Å². The Kier molecular flexibility index (Phi) is 13.8. The molecule has 0 bridgehead atoms. The fourth-order valence-corrected chi connectivity index (χ4v) is 1.56. The van der Waals surface area contributed by atoms with Crippen LogP contribution in [0.5, 0.6) is 0 Å². The SMILES string of the molecule is C.Cc1ccc(COCCOCCOCCOCC=O)cc1. The Labute approximate surface area is 133 Å². The second kappa shape index (κ2) is 14.7. The lowest BCUT2D eigenvalue weighted by Gasteiger charge is -2.07. The highest BCUT2D eigenvalue weighted by Gasteiger charge is 1.94. The summed E-state index contributed by atoms with van der Waals surface area (Å²) in [6.45, 7) is 5.86. The Bertz CT molecular complexity index is 364. The molecule has 126 valence electrons. The third-order valence-corrected chi connectivity index (χ3v) is 2.69. The monoisotopic (exact) mass is 312 g/mol. The van der Waals surface area contributed by atoms with Gasteiger partial charge in [-0.15, -0.1) is 0 Å². The van der Waals surface area contributed by atoms with Crippen LogP contribution < -0.4 is 0 Å². The summed E-state index contributed by atoms with van der Waals surface area (Å²) in [5.74, 6) is 0. The van der Waals surface area contributed by atoms with Gasteiger partial charge in [0.25, 0.3) is 0 Å². The molecule has 0 unspecified atom stereocenters. The van der Waals surface area contributed by atoms with Crippen LogP contribution in [-0.4, -0.2) is 52.5 Å². The fraction of sp³-hybridized carbons (Fsp3) is 0.588. The van der Waals surface area contributed by atoms with E-state index in [-0.39, 0.29) is 14.0 Å². The van der Waals surface area contributed by atoms with Crippen LogP contribution in [0.1, 0.15) is 18.6 Å². The van der Waals surface area contributed by atoms with E-state index in [1.165, 1.54) is 11.1 Å². The number of ether oxygens (including phenoxy) is 4. The zero-order valence-electron chi connectivity index (χ0n) is 12.6. The molecular weight excluding hydrogens is 284 g/mol. The lowest BCUT2D eigenvalue weighted by Crippen LogP contribution is -2.12. The predicted octanol–water partition coefficient (Wildman–Crippen LogP) is 2.40. The summed E-state index contributed by atoms with van der Waals surface area (Å²) in [5, 5.41) is 0. The molecule has 0 atom stereocenters. The highest BCUT2D eigenvalue weighted by Crippen LogP contribution is 2.04. The molecule has 5 nitrogen and oxygen atoms in total. The van der Waals surface area contributed by atoms with Gasteiger partial charge in [0.05, 0.1) is 46.2 Å². The van der Waals surface area contributed by atoms with Crippen LogP contribution in [0.3, 0.4) is 0 Å². The summed E-state index contributed by atoms with van der Waals surface area (Å²) in [6.07, 6.45) is 0.722. The lowest BCUT2D eigenvalue weighted by atomic mass is 10.2. The number of carbonyl (C=O) groups is 1. The third kappa shape index (κ3) is 11.4. The standard InChI is InChI=1S/C16H24O5.CH4/c1-15-2-4-16(5-3-15)14-21-13-12-20-11-10-19-9-8-18-7-6-17;/h2-6H,7-14H2,1H3;1H4. The molecule has 0 saturated carbocycles. The number of carbonyl (C=O) groups excluding carboxylic acids is 1. The summed E-state index contributed by atoms with van der Waals surface area (Å²) in [6, 6.07) is 8.28.